The molecule has 0 aliphatic heterocycles. The minimum absolute atomic E-state index is 0.824. The van der Waals surface area contributed by atoms with Gasteiger partial charge in [0.15, 0.2) is 0 Å². The number of hydrogen-bond donors (Lipinski definition) is 0. The fourth-order valence-corrected chi connectivity index (χ4v) is 0.784. The van der Waals surface area contributed by atoms with Crippen molar-refractivity contribution in [3.63, 3.8) is 0 Å². The van der Waals surface area contributed by atoms with Crippen LogP contribution in [0.4, 0.5) is 0 Å². The van der Waals surface area contributed by atoms with Crippen LogP contribution < -0.4 is 0 Å². The molecule has 1 heteroatoms. The van der Waals surface area contributed by atoms with Crippen molar-refractivity contribution in [1.29, 1.82) is 0 Å². The van der Waals surface area contributed by atoms with E-state index in [2.05, 4.69) is 13.8 Å². The van der Waals surface area contributed by atoms with Gasteiger partial charge < -0.3 is 0 Å². The number of hydrogen-bond acceptors (Lipinski definition) is 0. The summed E-state index contributed by atoms with van der Waals surface area (Å²) in [4.78, 5) is 0. The molecule has 8 heavy (non-hydrogen) atoms. The van der Waals surface area contributed by atoms with Crippen molar-refractivity contribution < 1.29 is 0 Å². The summed E-state index contributed by atoms with van der Waals surface area (Å²) >= 11 is 5.50. The first-order chi connectivity index (χ1) is 3.81. The van der Waals surface area contributed by atoms with Gasteiger partial charge in [0.2, 0.25) is 0 Å². The molecule has 0 rings (SSSR count). The molecule has 0 spiro atoms. The Balaban J connectivity index is 2.86. The van der Waals surface area contributed by atoms with E-state index in [0.717, 1.165) is 11.8 Å². The zero-order valence-electron chi connectivity index (χ0n) is 5.78. The summed E-state index contributed by atoms with van der Waals surface area (Å²) in [6, 6.07) is 0. The monoisotopic (exact) mass is 134 g/mol. The summed E-state index contributed by atoms with van der Waals surface area (Å²) < 4.78 is 0. The molecule has 1 atom stereocenters. The molecule has 0 nitrogen and oxygen atoms in total. The van der Waals surface area contributed by atoms with Crippen molar-refractivity contribution in [2.45, 2.75) is 33.1 Å². The summed E-state index contributed by atoms with van der Waals surface area (Å²) in [6.07, 6.45) is 3.76. The Labute approximate surface area is 57.2 Å². The minimum Gasteiger partial charge on any atom is -0.127 e. The van der Waals surface area contributed by atoms with Crippen LogP contribution in [0, 0.1) is 5.92 Å². The van der Waals surface area contributed by atoms with Gasteiger partial charge in [-0.2, -0.15) is 0 Å². The molecule has 0 bridgehead atoms. The lowest BCUT2D eigenvalue weighted by atomic mass is 10.0. The van der Waals surface area contributed by atoms with Gasteiger partial charge in [-0.1, -0.05) is 20.3 Å². The van der Waals surface area contributed by atoms with Crippen LogP contribution in [0.3, 0.4) is 0 Å². The fraction of sp³-hybridized carbons (Fsp3) is 1.00. The Morgan fingerprint density at radius 3 is 2.50 bits per heavy atom. The molecular formula is C7H15Cl. The molecule has 50 valence electrons. The second kappa shape index (κ2) is 5.43. The van der Waals surface area contributed by atoms with E-state index in [1.165, 1.54) is 19.3 Å². The van der Waals surface area contributed by atoms with E-state index in [-0.39, 0.29) is 0 Å². The van der Waals surface area contributed by atoms with Gasteiger partial charge in [0.05, 0.1) is 0 Å². The largest absolute Gasteiger partial charge is 0.127 e. The molecule has 0 saturated heterocycles. The molecule has 0 aliphatic rings. The Morgan fingerprint density at radius 1 is 1.50 bits per heavy atom. The van der Waals surface area contributed by atoms with E-state index < -0.39 is 0 Å². The summed E-state index contributed by atoms with van der Waals surface area (Å²) in [5.74, 6) is 1.69. The van der Waals surface area contributed by atoms with E-state index in [1.807, 2.05) is 0 Å². The quantitative estimate of drug-likeness (QED) is 0.519. The van der Waals surface area contributed by atoms with Crippen molar-refractivity contribution in [2.75, 3.05) is 5.88 Å². The first kappa shape index (κ1) is 8.29. The highest BCUT2D eigenvalue weighted by Gasteiger charge is 1.95. The molecule has 0 heterocycles. The van der Waals surface area contributed by atoms with E-state index in [0.29, 0.717) is 0 Å². The van der Waals surface area contributed by atoms with Gasteiger partial charge in [-0.15, -0.1) is 11.6 Å². The molecular weight excluding hydrogens is 120 g/mol. The SMILES string of the molecule is CC[C@@H](C)CCCCl. The summed E-state index contributed by atoms with van der Waals surface area (Å²) in [6.45, 7) is 4.49. The van der Waals surface area contributed by atoms with Crippen LogP contribution in [0.15, 0.2) is 0 Å². The zero-order chi connectivity index (χ0) is 6.41. The summed E-state index contributed by atoms with van der Waals surface area (Å²) in [5, 5.41) is 0. The van der Waals surface area contributed by atoms with Crippen LogP contribution >= 0.6 is 11.6 Å². The van der Waals surface area contributed by atoms with Crippen LogP contribution in [0.2, 0.25) is 0 Å². The third-order valence-electron chi connectivity index (χ3n) is 1.53. The first-order valence-corrected chi connectivity index (χ1v) is 3.90. The van der Waals surface area contributed by atoms with Crippen molar-refractivity contribution >= 4 is 11.6 Å². The second-order valence-electron chi connectivity index (χ2n) is 2.34. The Kier molecular flexibility index (Phi) is 5.62. The van der Waals surface area contributed by atoms with E-state index in [4.69, 9.17) is 11.6 Å². The van der Waals surface area contributed by atoms with E-state index >= 15 is 0 Å². The highest BCUT2D eigenvalue weighted by atomic mass is 35.5. The topological polar surface area (TPSA) is 0 Å². The smallest absolute Gasteiger partial charge is 0.0223 e. The van der Waals surface area contributed by atoms with Crippen LogP contribution in [0.5, 0.6) is 0 Å². The molecule has 0 saturated carbocycles. The second-order valence-corrected chi connectivity index (χ2v) is 2.72. The zero-order valence-corrected chi connectivity index (χ0v) is 6.54. The Bertz CT molecular complexity index is 43.7. The molecule has 0 aliphatic carbocycles. The fourth-order valence-electron chi connectivity index (χ4n) is 0.630. The first-order valence-electron chi connectivity index (χ1n) is 3.37. The van der Waals surface area contributed by atoms with Crippen molar-refractivity contribution in [1.82, 2.24) is 0 Å². The lowest BCUT2D eigenvalue weighted by molar-refractivity contribution is 0.510. The average molecular weight is 135 g/mol. The standard InChI is InChI=1S/C7H15Cl/c1-3-7(2)5-4-6-8/h7H,3-6H2,1-2H3/t7-/m1/s1. The number of halogens is 1. The molecule has 0 amide bonds. The van der Waals surface area contributed by atoms with Gasteiger partial charge >= 0.3 is 0 Å². The maximum atomic E-state index is 5.50. The summed E-state index contributed by atoms with van der Waals surface area (Å²) in [7, 11) is 0. The minimum atomic E-state index is 0.824. The number of rotatable bonds is 4. The third kappa shape index (κ3) is 4.45. The van der Waals surface area contributed by atoms with Crippen LogP contribution in [-0.4, -0.2) is 5.88 Å². The van der Waals surface area contributed by atoms with Gasteiger partial charge in [-0.25, -0.2) is 0 Å². The van der Waals surface area contributed by atoms with Gasteiger partial charge in [0.1, 0.15) is 0 Å². The molecule has 0 fully saturated rings. The van der Waals surface area contributed by atoms with Gasteiger partial charge in [0, 0.05) is 5.88 Å². The normalized spacial score (nSPS) is 13.9. The van der Waals surface area contributed by atoms with Crippen molar-refractivity contribution in [3.8, 4) is 0 Å². The molecule has 0 aromatic carbocycles. The van der Waals surface area contributed by atoms with Crippen LogP contribution in [0.1, 0.15) is 33.1 Å². The lowest BCUT2D eigenvalue weighted by Crippen LogP contribution is -1.91. The molecule has 0 aromatic heterocycles. The van der Waals surface area contributed by atoms with Gasteiger partial charge in [-0.3, -0.25) is 0 Å². The summed E-state index contributed by atoms with van der Waals surface area (Å²) in [5.41, 5.74) is 0. The molecule has 0 aromatic rings. The highest BCUT2D eigenvalue weighted by molar-refractivity contribution is 6.17. The van der Waals surface area contributed by atoms with E-state index in [1.54, 1.807) is 0 Å². The highest BCUT2D eigenvalue weighted by Crippen LogP contribution is 2.08. The Hall–Kier alpha value is 0.290. The van der Waals surface area contributed by atoms with Crippen molar-refractivity contribution in [2.24, 2.45) is 5.92 Å². The average Bonchev–Trinajstić information content (AvgIpc) is 1.83. The predicted octanol–water partition coefficient (Wildman–Crippen LogP) is 3.05. The Morgan fingerprint density at radius 2 is 2.12 bits per heavy atom. The van der Waals surface area contributed by atoms with Crippen molar-refractivity contribution in [3.05, 3.63) is 0 Å². The van der Waals surface area contributed by atoms with Crippen LogP contribution in [0.25, 0.3) is 0 Å². The molecule has 0 radical (unpaired) electrons. The molecule has 0 unspecified atom stereocenters. The van der Waals surface area contributed by atoms with Gasteiger partial charge in [0.25, 0.3) is 0 Å². The maximum Gasteiger partial charge on any atom is 0.0223 e. The number of alkyl halides is 1. The maximum absolute atomic E-state index is 5.50. The van der Waals surface area contributed by atoms with Gasteiger partial charge in [-0.05, 0) is 18.8 Å². The van der Waals surface area contributed by atoms with E-state index in [9.17, 15) is 0 Å². The lowest BCUT2D eigenvalue weighted by Gasteiger charge is -2.03. The third-order valence-corrected chi connectivity index (χ3v) is 1.79. The van der Waals surface area contributed by atoms with Crippen LogP contribution in [-0.2, 0) is 0 Å². The predicted molar refractivity (Wildman–Crippen MR) is 39.4 cm³/mol. The molecule has 0 N–H and O–H groups in total.